The number of anilines is 1. The second kappa shape index (κ2) is 8.32. The summed E-state index contributed by atoms with van der Waals surface area (Å²) in [7, 11) is 1.72. The molecule has 6 heteroatoms. The molecule has 1 aromatic rings. The van der Waals surface area contributed by atoms with Crippen LogP contribution in [0, 0.1) is 5.92 Å². The first-order chi connectivity index (χ1) is 13.6. The van der Waals surface area contributed by atoms with Crippen molar-refractivity contribution in [1.29, 1.82) is 0 Å². The number of carbonyl (C=O) groups is 1. The van der Waals surface area contributed by atoms with Gasteiger partial charge in [-0.05, 0) is 38.7 Å². The fraction of sp³-hybridized carbons (Fsp3) is 0.739. The molecular formula is C23H38N4O2. The number of carbonyl (C=O) groups excluding carboxylic acids is 1. The number of amides is 1. The van der Waals surface area contributed by atoms with Gasteiger partial charge < -0.3 is 15.0 Å². The van der Waals surface area contributed by atoms with Crippen LogP contribution in [-0.4, -0.2) is 60.8 Å². The van der Waals surface area contributed by atoms with Crippen LogP contribution in [0.1, 0.15) is 59.2 Å². The summed E-state index contributed by atoms with van der Waals surface area (Å²) in [4.78, 5) is 22.3. The lowest BCUT2D eigenvalue weighted by Crippen LogP contribution is -2.65. The molecule has 29 heavy (non-hydrogen) atoms. The van der Waals surface area contributed by atoms with E-state index in [1.165, 1.54) is 5.56 Å². The van der Waals surface area contributed by atoms with Gasteiger partial charge in [-0.25, -0.2) is 0 Å². The van der Waals surface area contributed by atoms with E-state index >= 15 is 0 Å². The van der Waals surface area contributed by atoms with Crippen LogP contribution in [0.5, 0.6) is 0 Å². The molecule has 0 aliphatic carbocycles. The molecule has 0 saturated carbocycles. The number of hydrogen-bond acceptors (Lipinski definition) is 5. The van der Waals surface area contributed by atoms with Gasteiger partial charge in [0.1, 0.15) is 5.72 Å². The molecule has 0 spiro atoms. The van der Waals surface area contributed by atoms with Crippen molar-refractivity contribution < 1.29 is 9.53 Å². The van der Waals surface area contributed by atoms with Crippen molar-refractivity contribution in [3.05, 3.63) is 23.5 Å². The first-order valence-corrected chi connectivity index (χ1v) is 10.9. The third kappa shape index (κ3) is 4.65. The number of aromatic nitrogens is 1. The van der Waals surface area contributed by atoms with Crippen LogP contribution in [0.15, 0.2) is 12.3 Å². The Bertz CT molecular complexity index is 748. The van der Waals surface area contributed by atoms with Crippen LogP contribution < -0.4 is 10.2 Å². The van der Waals surface area contributed by atoms with Crippen molar-refractivity contribution >= 4 is 11.6 Å². The summed E-state index contributed by atoms with van der Waals surface area (Å²) < 4.78 is 5.77. The summed E-state index contributed by atoms with van der Waals surface area (Å²) in [5.41, 5.74) is 2.72. The number of hydrogen-bond donors (Lipinski definition) is 1. The highest BCUT2D eigenvalue weighted by Crippen LogP contribution is 2.40. The van der Waals surface area contributed by atoms with Crippen LogP contribution >= 0.6 is 0 Å². The lowest BCUT2D eigenvalue weighted by atomic mass is 9.88. The summed E-state index contributed by atoms with van der Waals surface area (Å²) >= 11 is 0. The van der Waals surface area contributed by atoms with E-state index in [9.17, 15) is 4.79 Å². The van der Waals surface area contributed by atoms with Gasteiger partial charge in [-0.2, -0.15) is 0 Å². The Hall–Kier alpha value is -1.50. The second-order valence-electron chi connectivity index (χ2n) is 10.0. The molecule has 2 atom stereocenters. The second-order valence-corrected chi connectivity index (χ2v) is 10.0. The van der Waals surface area contributed by atoms with E-state index < -0.39 is 5.72 Å². The Morgan fingerprint density at radius 2 is 2.10 bits per heavy atom. The van der Waals surface area contributed by atoms with Gasteiger partial charge in [0.2, 0.25) is 5.91 Å². The normalized spacial score (nSPS) is 26.8. The van der Waals surface area contributed by atoms with Crippen LogP contribution in [0.4, 0.5) is 5.69 Å². The SMILES string of the molecule is CO[C@]1(C)CN[C@H](C)CN1CC(=O)N1CC(C)(C)c2cnc(CCC(C)C)cc21. The van der Waals surface area contributed by atoms with Crippen molar-refractivity contribution in [1.82, 2.24) is 15.2 Å². The Kier molecular flexibility index (Phi) is 6.37. The molecule has 3 heterocycles. The summed E-state index contributed by atoms with van der Waals surface area (Å²) in [5.74, 6) is 0.774. The number of nitrogens with zero attached hydrogens (tertiary/aromatic N) is 3. The van der Waals surface area contributed by atoms with E-state index in [-0.39, 0.29) is 11.3 Å². The molecule has 1 fully saturated rings. The summed E-state index contributed by atoms with van der Waals surface area (Å²) in [5, 5.41) is 3.46. The van der Waals surface area contributed by atoms with E-state index in [1.54, 1.807) is 7.11 Å². The lowest BCUT2D eigenvalue weighted by molar-refractivity contribution is -0.150. The van der Waals surface area contributed by atoms with Gasteiger partial charge >= 0.3 is 0 Å². The van der Waals surface area contributed by atoms with E-state index in [2.05, 4.69) is 57.8 Å². The number of rotatable bonds is 6. The maximum absolute atomic E-state index is 13.4. The van der Waals surface area contributed by atoms with E-state index in [0.29, 0.717) is 31.6 Å². The molecule has 2 aliphatic rings. The zero-order chi connectivity index (χ0) is 21.4. The van der Waals surface area contributed by atoms with Gasteiger partial charge in [0.15, 0.2) is 0 Å². The van der Waals surface area contributed by atoms with Gasteiger partial charge in [0.05, 0.1) is 12.2 Å². The van der Waals surface area contributed by atoms with Crippen molar-refractivity contribution in [2.24, 2.45) is 5.92 Å². The minimum absolute atomic E-state index is 0.0874. The van der Waals surface area contributed by atoms with Gasteiger partial charge in [0, 0.05) is 55.7 Å². The standard InChI is InChI=1S/C23H38N4O2/c1-16(2)8-9-18-10-20-19(11-24-18)22(4,5)15-27(20)21(28)13-26-12-17(3)25-14-23(26,6)29-7/h10-11,16-17,25H,8-9,12-15H2,1-7H3/t17-,23-/m1/s1. The zero-order valence-corrected chi connectivity index (χ0v) is 19.2. The van der Waals surface area contributed by atoms with E-state index in [0.717, 1.165) is 30.8 Å². The molecular weight excluding hydrogens is 364 g/mol. The van der Waals surface area contributed by atoms with Gasteiger partial charge in [-0.3, -0.25) is 14.7 Å². The smallest absolute Gasteiger partial charge is 0.241 e. The predicted octanol–water partition coefficient (Wildman–Crippen LogP) is 2.95. The average molecular weight is 403 g/mol. The van der Waals surface area contributed by atoms with Crippen LogP contribution in [0.3, 0.4) is 0 Å². The first-order valence-electron chi connectivity index (χ1n) is 10.9. The fourth-order valence-corrected chi connectivity index (χ4v) is 4.34. The minimum atomic E-state index is -0.471. The summed E-state index contributed by atoms with van der Waals surface area (Å²) in [6, 6.07) is 2.47. The highest BCUT2D eigenvalue weighted by atomic mass is 16.5. The Labute approximate surface area is 176 Å². The number of fused-ring (bicyclic) bond motifs is 1. The molecule has 0 aromatic carbocycles. The molecule has 2 aliphatic heterocycles. The third-order valence-electron chi connectivity index (χ3n) is 6.50. The van der Waals surface area contributed by atoms with Gasteiger partial charge in [-0.1, -0.05) is 27.7 Å². The first kappa shape index (κ1) is 22.2. The summed E-state index contributed by atoms with van der Waals surface area (Å²) in [6.45, 7) is 15.6. The molecule has 3 rings (SSSR count). The number of ether oxygens (including phenoxy) is 1. The monoisotopic (exact) mass is 402 g/mol. The van der Waals surface area contributed by atoms with Crippen LogP contribution in [0.2, 0.25) is 0 Å². The molecule has 1 N–H and O–H groups in total. The molecule has 6 nitrogen and oxygen atoms in total. The fourth-order valence-electron chi connectivity index (χ4n) is 4.34. The molecule has 1 amide bonds. The number of methoxy groups -OCH3 is 1. The molecule has 1 saturated heterocycles. The molecule has 0 radical (unpaired) electrons. The number of nitrogens with one attached hydrogen (secondary N) is 1. The molecule has 0 unspecified atom stereocenters. The predicted molar refractivity (Wildman–Crippen MR) is 117 cm³/mol. The minimum Gasteiger partial charge on any atom is -0.363 e. The third-order valence-corrected chi connectivity index (χ3v) is 6.50. The van der Waals surface area contributed by atoms with Crippen molar-refractivity contribution in [3.8, 4) is 0 Å². The average Bonchev–Trinajstić information content (AvgIpc) is 2.94. The number of piperazine rings is 1. The molecule has 0 bridgehead atoms. The largest absolute Gasteiger partial charge is 0.363 e. The van der Waals surface area contributed by atoms with Crippen molar-refractivity contribution in [2.75, 3.05) is 38.2 Å². The molecule has 1 aromatic heterocycles. The molecule has 162 valence electrons. The Balaban J connectivity index is 1.82. The maximum atomic E-state index is 13.4. The zero-order valence-electron chi connectivity index (χ0n) is 19.2. The Morgan fingerprint density at radius 1 is 1.38 bits per heavy atom. The van der Waals surface area contributed by atoms with Gasteiger partial charge in [0.25, 0.3) is 0 Å². The van der Waals surface area contributed by atoms with Crippen molar-refractivity contribution in [2.45, 2.75) is 71.6 Å². The van der Waals surface area contributed by atoms with E-state index in [1.807, 2.05) is 11.1 Å². The Morgan fingerprint density at radius 3 is 2.76 bits per heavy atom. The summed E-state index contributed by atoms with van der Waals surface area (Å²) in [6.07, 6.45) is 4.04. The lowest BCUT2D eigenvalue weighted by Gasteiger charge is -2.46. The van der Waals surface area contributed by atoms with Crippen LogP contribution in [-0.2, 0) is 21.4 Å². The number of pyridine rings is 1. The quantitative estimate of drug-likeness (QED) is 0.793. The number of aryl methyl sites for hydroxylation is 1. The highest BCUT2D eigenvalue weighted by molar-refractivity contribution is 5.97. The van der Waals surface area contributed by atoms with Gasteiger partial charge in [-0.15, -0.1) is 0 Å². The highest BCUT2D eigenvalue weighted by Gasteiger charge is 2.42. The maximum Gasteiger partial charge on any atom is 0.241 e. The van der Waals surface area contributed by atoms with Crippen molar-refractivity contribution in [3.63, 3.8) is 0 Å². The topological polar surface area (TPSA) is 57.7 Å². The van der Waals surface area contributed by atoms with E-state index in [4.69, 9.17) is 9.72 Å². The van der Waals surface area contributed by atoms with Crippen LogP contribution in [0.25, 0.3) is 0 Å².